The summed E-state index contributed by atoms with van der Waals surface area (Å²) in [5.74, 6) is -4.70. The summed E-state index contributed by atoms with van der Waals surface area (Å²) in [6, 6.07) is -7.93. The summed E-state index contributed by atoms with van der Waals surface area (Å²) in [5, 5.41) is 19.4. The number of hydrogen-bond donors (Lipinski definition) is 9. The van der Waals surface area contributed by atoms with Crippen molar-refractivity contribution in [2.24, 2.45) is 17.4 Å². The summed E-state index contributed by atoms with van der Waals surface area (Å²) in [4.78, 5) is 109. The largest absolute Gasteiger partial charge is 0.469 e. The van der Waals surface area contributed by atoms with Gasteiger partial charge in [0.1, 0.15) is 30.5 Å². The highest BCUT2D eigenvalue weighted by Gasteiger charge is 2.42. The van der Waals surface area contributed by atoms with Crippen molar-refractivity contribution in [3.8, 4) is 0 Å². The molecule has 1 fully saturated rings. The van der Waals surface area contributed by atoms with Gasteiger partial charge in [0.15, 0.2) is 0 Å². The molecule has 0 aromatic rings. The van der Waals surface area contributed by atoms with Crippen molar-refractivity contribution in [1.82, 2.24) is 26.2 Å². The lowest BCUT2D eigenvalue weighted by molar-refractivity contribution is -0.144. The first-order valence-corrected chi connectivity index (χ1v) is 18.6. The summed E-state index contributed by atoms with van der Waals surface area (Å²) >= 11 is 1.44. The van der Waals surface area contributed by atoms with Crippen LogP contribution in [0, 0.1) is 5.92 Å². The van der Waals surface area contributed by atoms with E-state index in [9.17, 15) is 53.0 Å². The third-order valence-electron chi connectivity index (χ3n) is 7.49. The molecule has 1 aliphatic heterocycles. The third kappa shape index (κ3) is 15.5. The number of nitrogens with zero attached hydrogens (tertiary/aromatic N) is 1. The molecule has 280 valence electrons. The Hall–Kier alpha value is -3.13. The van der Waals surface area contributed by atoms with Crippen LogP contribution in [-0.2, 0) is 42.7 Å². The fourth-order valence-electron chi connectivity index (χ4n) is 5.00. The topological polar surface area (TPSA) is 310 Å². The maximum atomic E-state index is 13.8. The number of thioether (sulfide) groups is 1. The van der Waals surface area contributed by atoms with Crippen LogP contribution >= 0.6 is 19.6 Å². The molecule has 0 aliphatic carbocycles. The van der Waals surface area contributed by atoms with Gasteiger partial charge in [0.25, 0.3) is 0 Å². The molecule has 0 unspecified atom stereocenters. The molecule has 49 heavy (non-hydrogen) atoms. The number of aldehydes is 1. The van der Waals surface area contributed by atoms with E-state index >= 15 is 0 Å². The first-order chi connectivity index (χ1) is 22.8. The van der Waals surface area contributed by atoms with E-state index in [1.54, 1.807) is 0 Å². The first kappa shape index (κ1) is 43.9. The van der Waals surface area contributed by atoms with Crippen LogP contribution in [0.3, 0.4) is 0 Å². The summed E-state index contributed by atoms with van der Waals surface area (Å²) in [7, 11) is -5.22. The van der Waals surface area contributed by atoms with Gasteiger partial charge in [-0.3, -0.25) is 33.3 Å². The van der Waals surface area contributed by atoms with Crippen LogP contribution in [-0.4, -0.2) is 129 Å². The van der Waals surface area contributed by atoms with Crippen LogP contribution < -0.4 is 32.7 Å². The smallest absolute Gasteiger partial charge is 0.394 e. The highest BCUT2D eigenvalue weighted by molar-refractivity contribution is 7.98. The van der Waals surface area contributed by atoms with Crippen molar-refractivity contribution < 1.29 is 57.5 Å². The molecule has 0 saturated carbocycles. The van der Waals surface area contributed by atoms with Crippen LogP contribution in [0.5, 0.6) is 0 Å². The van der Waals surface area contributed by atoms with Gasteiger partial charge in [-0.25, -0.2) is 4.57 Å². The second-order valence-electron chi connectivity index (χ2n) is 12.1. The van der Waals surface area contributed by atoms with E-state index in [1.807, 2.05) is 20.1 Å². The van der Waals surface area contributed by atoms with Crippen LogP contribution in [0.25, 0.3) is 0 Å². The van der Waals surface area contributed by atoms with E-state index in [0.29, 0.717) is 24.9 Å². The number of aliphatic hydroxyl groups is 1. The molecule has 0 spiro atoms. The van der Waals surface area contributed by atoms with Crippen molar-refractivity contribution in [3.63, 3.8) is 0 Å². The minimum atomic E-state index is -5.22. The molecule has 21 heteroatoms. The lowest BCUT2D eigenvalue weighted by atomic mass is 10.0. The number of rotatable bonds is 22. The number of aliphatic hydroxyl groups excluding tert-OH is 1. The zero-order chi connectivity index (χ0) is 37.5. The Labute approximate surface area is 289 Å². The minimum Gasteiger partial charge on any atom is -0.394 e. The average Bonchev–Trinajstić information content (AvgIpc) is 3.51. The molecular weight excluding hydrogens is 689 g/mol. The fraction of sp³-hybridized carbons (Fsp3) is 0.750. The average molecular weight is 740 g/mol. The predicted octanol–water partition coefficient (Wildman–Crippen LogP) is -3.00. The quantitative estimate of drug-likeness (QED) is 0.0395. The lowest BCUT2D eigenvalue weighted by Gasteiger charge is -2.32. The lowest BCUT2D eigenvalue weighted by Crippen LogP contribution is -2.62. The Kier molecular flexibility index (Phi) is 19.0. The molecule has 0 bridgehead atoms. The molecule has 0 radical (unpaired) electrons. The number of likely N-dealkylation sites (tertiary alicyclic amines) is 1. The van der Waals surface area contributed by atoms with Crippen LogP contribution in [0.2, 0.25) is 0 Å². The van der Waals surface area contributed by atoms with Gasteiger partial charge in [0.2, 0.25) is 35.4 Å². The minimum absolute atomic E-state index is 0.0162. The Morgan fingerprint density at radius 1 is 1.00 bits per heavy atom. The zero-order valence-electron chi connectivity index (χ0n) is 28.0. The molecule has 6 amide bonds. The summed E-state index contributed by atoms with van der Waals surface area (Å²) in [6.45, 7) is 3.77. The van der Waals surface area contributed by atoms with E-state index < -0.39 is 92.2 Å². The van der Waals surface area contributed by atoms with E-state index in [4.69, 9.17) is 11.5 Å². The number of carbonyl (C=O) groups is 7. The van der Waals surface area contributed by atoms with Crippen molar-refractivity contribution >= 4 is 61.3 Å². The molecule has 0 aromatic heterocycles. The van der Waals surface area contributed by atoms with Crippen molar-refractivity contribution in [2.45, 2.75) is 102 Å². The Balaban J connectivity index is 3.24. The highest BCUT2D eigenvalue weighted by atomic mass is 32.2. The second-order valence-corrected chi connectivity index (χ2v) is 14.2. The van der Waals surface area contributed by atoms with Crippen molar-refractivity contribution in [3.05, 3.63) is 0 Å². The Morgan fingerprint density at radius 3 is 2.14 bits per heavy atom. The highest BCUT2D eigenvalue weighted by Crippen LogP contribution is 2.38. The third-order valence-corrected chi connectivity index (χ3v) is 8.74. The number of amides is 6. The van der Waals surface area contributed by atoms with E-state index in [1.165, 1.54) is 11.8 Å². The number of nitrogens with two attached hydrogens (primary N) is 2. The van der Waals surface area contributed by atoms with Crippen molar-refractivity contribution in [1.29, 1.82) is 0 Å². The summed E-state index contributed by atoms with van der Waals surface area (Å²) < 4.78 is 16.4. The number of hydrogen-bond acceptors (Lipinski definition) is 12. The van der Waals surface area contributed by atoms with Gasteiger partial charge in [-0.05, 0) is 57.0 Å². The number of primary amides is 1. The van der Waals surface area contributed by atoms with Crippen LogP contribution in [0.1, 0.15) is 59.3 Å². The molecule has 0 aromatic carbocycles. The maximum absolute atomic E-state index is 13.8. The summed E-state index contributed by atoms with van der Waals surface area (Å²) in [5.41, 5.74) is 11.1. The van der Waals surface area contributed by atoms with Gasteiger partial charge in [0, 0.05) is 13.0 Å². The van der Waals surface area contributed by atoms with E-state index in [2.05, 4.69) is 25.8 Å². The number of phosphoric acid groups is 1. The normalized spacial score (nSPS) is 18.4. The Morgan fingerprint density at radius 2 is 1.61 bits per heavy atom. The molecule has 1 rings (SSSR count). The second kappa shape index (κ2) is 21.2. The Bertz CT molecular complexity index is 1220. The van der Waals surface area contributed by atoms with Gasteiger partial charge in [-0.15, -0.1) is 0 Å². The molecule has 19 nitrogen and oxygen atoms in total. The monoisotopic (exact) mass is 739 g/mol. The molecule has 11 N–H and O–H groups in total. The van der Waals surface area contributed by atoms with Gasteiger partial charge >= 0.3 is 7.82 Å². The zero-order valence-corrected chi connectivity index (χ0v) is 29.7. The fourth-order valence-corrected chi connectivity index (χ4v) is 6.05. The first-order valence-electron chi connectivity index (χ1n) is 15.7. The van der Waals surface area contributed by atoms with Gasteiger partial charge in [0.05, 0.1) is 24.8 Å². The molecule has 1 aliphatic rings. The summed E-state index contributed by atoms with van der Waals surface area (Å²) in [6.07, 6.45) is 1.23. The van der Waals surface area contributed by atoms with Gasteiger partial charge in [-0.1, -0.05) is 13.8 Å². The standard InChI is InChI=1S/C28H50N7O12PS/c1-15(2)12-17(13-36)31-27(42)21-6-5-10-35(21)28(43)23(16(3)47-48(44,45)46)34-26(41)20(14-37)33-25(40)19(7-8-22(30)38)32-24(39)18(29)9-11-49-4/h13,15-21,23,37H,5-12,14,29H2,1-4H3,(H2,30,38)(H,31,42)(H,32,39)(H,33,40)(H,34,41)(H2,44,45,46)/t16-,17+,18+,19+,20+,21+,23+/m1/s1. The number of carbonyl (C=O) groups excluding carboxylic acids is 7. The molecule has 1 saturated heterocycles. The molecule has 7 atom stereocenters. The number of nitrogens with one attached hydrogen (secondary N) is 4. The van der Waals surface area contributed by atoms with Crippen LogP contribution in [0.15, 0.2) is 0 Å². The maximum Gasteiger partial charge on any atom is 0.469 e. The number of phosphoric ester groups is 1. The molecular formula is C28H50N7O12PS. The van der Waals surface area contributed by atoms with Crippen LogP contribution in [0.4, 0.5) is 0 Å². The predicted molar refractivity (Wildman–Crippen MR) is 177 cm³/mol. The van der Waals surface area contributed by atoms with E-state index in [-0.39, 0.29) is 38.1 Å². The van der Waals surface area contributed by atoms with Gasteiger partial charge in [-0.2, -0.15) is 11.8 Å². The molecule has 1 heterocycles. The van der Waals surface area contributed by atoms with Gasteiger partial charge < -0.3 is 57.3 Å². The van der Waals surface area contributed by atoms with E-state index in [0.717, 1.165) is 11.8 Å². The SMILES string of the molecule is CSCC[C@H](N)C(=O)N[C@@H](CCC(N)=O)C(=O)N[C@@H](CO)C(=O)N[C@H](C(=O)N1CCC[C@H]1C(=O)N[C@H](C=O)CC(C)C)[C@@H](C)OP(=O)(O)O. The van der Waals surface area contributed by atoms with Crippen molar-refractivity contribution in [2.75, 3.05) is 25.2 Å².